The Hall–Kier alpha value is -1.61. The number of alkyl halides is 17. The molecule has 0 fully saturated rings. The van der Waals surface area contributed by atoms with Gasteiger partial charge >= 0.3 is 47.6 Å². The van der Waals surface area contributed by atoms with Crippen LogP contribution in [-0.4, -0.2) is 93.5 Å². The van der Waals surface area contributed by atoms with Gasteiger partial charge in [-0.15, -0.1) is 0 Å². The van der Waals surface area contributed by atoms with Crippen molar-refractivity contribution in [1.29, 1.82) is 0 Å². The summed E-state index contributed by atoms with van der Waals surface area (Å²) in [5.41, 5.74) is -6.03. The molecular weight excluding hydrogens is 687 g/mol. The first-order valence-corrected chi connectivity index (χ1v) is 13.4. The van der Waals surface area contributed by atoms with Crippen molar-refractivity contribution in [2.24, 2.45) is 5.41 Å². The normalized spacial score (nSPS) is 16.7. The zero-order valence-corrected chi connectivity index (χ0v) is 23.9. The molecule has 0 amide bonds. The molecule has 0 aromatic heterocycles. The van der Waals surface area contributed by atoms with Crippen molar-refractivity contribution >= 4 is 0 Å². The van der Waals surface area contributed by atoms with Crippen LogP contribution in [0.4, 0.5) is 74.6 Å². The first kappa shape index (κ1) is 44.4. The van der Waals surface area contributed by atoms with Gasteiger partial charge in [0.25, 0.3) is 0 Å². The van der Waals surface area contributed by atoms with Crippen molar-refractivity contribution in [2.75, 3.05) is 19.8 Å². The molecule has 46 heavy (non-hydrogen) atoms. The third-order valence-electron chi connectivity index (χ3n) is 7.55. The third-order valence-corrected chi connectivity index (χ3v) is 7.55. The van der Waals surface area contributed by atoms with Crippen molar-refractivity contribution in [3.63, 3.8) is 0 Å². The second-order valence-corrected chi connectivity index (χ2v) is 10.8. The fraction of sp³-hybridized carbons (Fsp3) is 0.920. The number of allylic oxidation sites excluding steroid dienone is 1. The summed E-state index contributed by atoms with van der Waals surface area (Å²) in [7, 11) is 0. The number of aliphatic hydroxyl groups is 4. The summed E-state index contributed by atoms with van der Waals surface area (Å²) < 4.78 is 230. The molecule has 0 saturated heterocycles. The first-order valence-electron chi connectivity index (χ1n) is 13.4. The molecule has 4 N–H and O–H groups in total. The van der Waals surface area contributed by atoms with Gasteiger partial charge in [-0.3, -0.25) is 0 Å². The van der Waals surface area contributed by atoms with E-state index < -0.39 is 97.0 Å². The van der Waals surface area contributed by atoms with Crippen molar-refractivity contribution in [3.8, 4) is 0 Å². The van der Waals surface area contributed by atoms with Gasteiger partial charge in [-0.1, -0.05) is 64.4 Å². The second-order valence-electron chi connectivity index (χ2n) is 10.8. The summed E-state index contributed by atoms with van der Waals surface area (Å²) >= 11 is 0. The van der Waals surface area contributed by atoms with Crippen LogP contribution in [-0.2, 0) is 0 Å². The topological polar surface area (TPSA) is 80.9 Å². The zero-order valence-electron chi connectivity index (χ0n) is 23.9. The standard InChI is InChI=1S/C25H33F17O4/c1-2-3-4-5-6-7-8-9-10-17(46,16(13-43,14-44)15-45)11-12-18(26,27)19(28,29)20(30,31)21(32,33)22(34,35)23(36,37)24(38,39)25(40,41)42/h11-12,43-46H,2-10,13-15H2,1H3. The maximum Gasteiger partial charge on any atom is 0.460 e. The molecule has 0 aromatic rings. The maximum absolute atomic E-state index is 14.4. The monoisotopic (exact) mass is 720 g/mol. The van der Waals surface area contributed by atoms with Crippen LogP contribution in [0.2, 0.25) is 0 Å². The SMILES string of the molecule is CCCCCCCCCCC(O)(C=CC(F)(F)C(F)(F)C(F)(F)C(F)(F)C(F)(F)C(F)(F)C(F)(F)C(F)(F)F)C(CO)(CO)CO. The van der Waals surface area contributed by atoms with Gasteiger partial charge in [0.15, 0.2) is 0 Å². The Morgan fingerprint density at radius 2 is 0.761 bits per heavy atom. The Morgan fingerprint density at radius 1 is 0.435 bits per heavy atom. The maximum atomic E-state index is 14.4. The molecule has 0 rings (SSSR count). The van der Waals surface area contributed by atoms with E-state index in [9.17, 15) is 95.1 Å². The lowest BCUT2D eigenvalue weighted by Gasteiger charge is -2.44. The summed E-state index contributed by atoms with van der Waals surface area (Å²) in [6.07, 6.45) is -6.77. The molecule has 4 nitrogen and oxygen atoms in total. The Kier molecular flexibility index (Phi) is 14.4. The van der Waals surface area contributed by atoms with E-state index in [4.69, 9.17) is 0 Å². The highest BCUT2D eigenvalue weighted by molar-refractivity contribution is 5.21. The van der Waals surface area contributed by atoms with Gasteiger partial charge in [-0.05, 0) is 12.5 Å². The second kappa shape index (κ2) is 14.9. The van der Waals surface area contributed by atoms with Crippen molar-refractivity contribution in [2.45, 2.75) is 118 Å². The van der Waals surface area contributed by atoms with Gasteiger partial charge in [-0.2, -0.15) is 74.6 Å². The van der Waals surface area contributed by atoms with E-state index in [1.165, 1.54) is 0 Å². The van der Waals surface area contributed by atoms with Crippen LogP contribution in [0, 0.1) is 5.41 Å². The van der Waals surface area contributed by atoms with E-state index >= 15 is 0 Å². The number of halogens is 17. The van der Waals surface area contributed by atoms with Gasteiger partial charge in [0, 0.05) is 0 Å². The van der Waals surface area contributed by atoms with Crippen LogP contribution in [0.5, 0.6) is 0 Å². The summed E-state index contributed by atoms with van der Waals surface area (Å²) in [6.45, 7) is -2.70. The smallest absolute Gasteiger partial charge is 0.395 e. The highest BCUT2D eigenvalue weighted by Gasteiger charge is 2.95. The van der Waals surface area contributed by atoms with Crippen molar-refractivity contribution < 1.29 is 95.1 Å². The molecule has 276 valence electrons. The van der Waals surface area contributed by atoms with Gasteiger partial charge in [0.2, 0.25) is 0 Å². The minimum absolute atomic E-state index is 0.128. The van der Waals surface area contributed by atoms with Gasteiger partial charge in [-0.25, -0.2) is 0 Å². The van der Waals surface area contributed by atoms with Crippen molar-refractivity contribution in [3.05, 3.63) is 12.2 Å². The van der Waals surface area contributed by atoms with E-state index in [2.05, 4.69) is 0 Å². The molecule has 21 heteroatoms. The Labute approximate surface area is 251 Å². The fourth-order valence-electron chi connectivity index (χ4n) is 4.14. The first-order chi connectivity index (χ1) is 20.4. The molecular formula is C25H33F17O4. The van der Waals surface area contributed by atoms with Crippen LogP contribution in [0.3, 0.4) is 0 Å². The highest BCUT2D eigenvalue weighted by Crippen LogP contribution is 2.64. The van der Waals surface area contributed by atoms with Gasteiger partial charge in [0.1, 0.15) is 0 Å². The average Bonchev–Trinajstić information content (AvgIpc) is 2.93. The number of hydrogen-bond donors (Lipinski definition) is 4. The fourth-order valence-corrected chi connectivity index (χ4v) is 4.14. The summed E-state index contributed by atoms with van der Waals surface area (Å²) in [5.74, 6) is -57.9. The molecule has 0 aliphatic rings. The lowest BCUT2D eigenvalue weighted by Crippen LogP contribution is -2.74. The minimum Gasteiger partial charge on any atom is -0.395 e. The van der Waals surface area contributed by atoms with Gasteiger partial charge < -0.3 is 20.4 Å². The number of rotatable bonds is 21. The molecule has 0 radical (unpaired) electrons. The Balaban J connectivity index is 6.69. The summed E-state index contributed by atoms with van der Waals surface area (Å²) in [4.78, 5) is 0. The molecule has 0 heterocycles. The predicted octanol–water partition coefficient (Wildman–Crippen LogP) is 7.78. The highest BCUT2D eigenvalue weighted by atomic mass is 19.4. The lowest BCUT2D eigenvalue weighted by molar-refractivity contribution is -0.459. The molecule has 0 bridgehead atoms. The molecule has 0 aromatic carbocycles. The van der Waals surface area contributed by atoms with Crippen LogP contribution in [0.25, 0.3) is 0 Å². The quantitative estimate of drug-likeness (QED) is 0.0555. The molecule has 1 atom stereocenters. The van der Waals surface area contributed by atoms with E-state index in [0.29, 0.717) is 12.8 Å². The molecule has 0 aliphatic heterocycles. The average molecular weight is 721 g/mol. The number of unbranched alkanes of at least 4 members (excludes halogenated alkanes) is 7. The Bertz CT molecular complexity index is 970. The zero-order chi connectivity index (χ0) is 36.9. The van der Waals surface area contributed by atoms with Crippen LogP contribution in [0.1, 0.15) is 64.7 Å². The van der Waals surface area contributed by atoms with Crippen LogP contribution in [0.15, 0.2) is 12.2 Å². The van der Waals surface area contributed by atoms with Gasteiger partial charge in [0.05, 0.1) is 30.8 Å². The predicted molar refractivity (Wildman–Crippen MR) is 126 cm³/mol. The van der Waals surface area contributed by atoms with E-state index in [-0.39, 0.29) is 12.8 Å². The van der Waals surface area contributed by atoms with Crippen molar-refractivity contribution in [1.82, 2.24) is 0 Å². The third kappa shape index (κ3) is 7.66. The molecule has 1 unspecified atom stereocenters. The molecule has 0 spiro atoms. The molecule has 0 saturated carbocycles. The number of aliphatic hydroxyl groups excluding tert-OH is 3. The van der Waals surface area contributed by atoms with E-state index in [0.717, 1.165) is 25.7 Å². The summed E-state index contributed by atoms with van der Waals surface area (Å²) in [6, 6.07) is 0. The van der Waals surface area contributed by atoms with Crippen LogP contribution >= 0.6 is 0 Å². The minimum atomic E-state index is -8.77. The van der Waals surface area contributed by atoms with Crippen LogP contribution < -0.4 is 0 Å². The lowest BCUT2D eigenvalue weighted by atomic mass is 9.70. The Morgan fingerprint density at radius 3 is 1.11 bits per heavy atom. The van der Waals surface area contributed by atoms with E-state index in [1.54, 1.807) is 0 Å². The summed E-state index contributed by atoms with van der Waals surface area (Å²) in [5, 5.41) is 39.7. The largest absolute Gasteiger partial charge is 0.460 e. The number of hydrogen-bond acceptors (Lipinski definition) is 4. The molecule has 0 aliphatic carbocycles. The van der Waals surface area contributed by atoms with E-state index in [1.807, 2.05) is 6.92 Å².